The van der Waals surface area contributed by atoms with Crippen molar-refractivity contribution < 1.29 is 9.53 Å². The Balaban J connectivity index is 2.13. The number of ether oxygens (including phenoxy) is 1. The Kier molecular flexibility index (Phi) is 2.27. The molecule has 2 heterocycles. The van der Waals surface area contributed by atoms with Gasteiger partial charge in [0, 0.05) is 10.8 Å². The number of nitrogens with zero attached hydrogens (tertiary/aromatic N) is 1. The maximum absolute atomic E-state index is 12.7. The van der Waals surface area contributed by atoms with Crippen molar-refractivity contribution in [3.8, 4) is 17.1 Å². The molecule has 0 bridgehead atoms. The van der Waals surface area contributed by atoms with E-state index in [1.807, 2.05) is 6.07 Å². The van der Waals surface area contributed by atoms with E-state index in [1.165, 1.54) is 13.3 Å². The van der Waals surface area contributed by atoms with Crippen LogP contribution in [0, 0.1) is 0 Å². The molecule has 5 nitrogen and oxygen atoms in total. The van der Waals surface area contributed by atoms with E-state index in [-0.39, 0.29) is 11.3 Å². The second-order valence-electron chi connectivity index (χ2n) is 4.85. The Labute approximate surface area is 119 Å². The lowest BCUT2D eigenvalue weighted by Gasteiger charge is -2.03. The van der Waals surface area contributed by atoms with Gasteiger partial charge < -0.3 is 9.72 Å². The average molecular weight is 278 g/mol. The summed E-state index contributed by atoms with van der Waals surface area (Å²) in [5, 5.41) is 1.16. The summed E-state index contributed by atoms with van der Waals surface area (Å²) in [4.78, 5) is 31.9. The Bertz CT molecular complexity index is 973. The normalized spacial score (nSPS) is 12.3. The van der Waals surface area contributed by atoms with Crippen LogP contribution in [-0.2, 0) is 0 Å². The minimum absolute atomic E-state index is 0.140. The van der Waals surface area contributed by atoms with Crippen molar-refractivity contribution in [1.82, 2.24) is 9.97 Å². The highest BCUT2D eigenvalue weighted by Gasteiger charge is 2.31. The Morgan fingerprint density at radius 2 is 1.90 bits per heavy atom. The highest BCUT2D eigenvalue weighted by Crippen LogP contribution is 2.37. The van der Waals surface area contributed by atoms with Gasteiger partial charge in [-0.2, -0.15) is 0 Å². The van der Waals surface area contributed by atoms with Gasteiger partial charge in [-0.25, -0.2) is 0 Å². The molecule has 2 aromatic heterocycles. The Morgan fingerprint density at radius 3 is 2.67 bits per heavy atom. The van der Waals surface area contributed by atoms with Crippen molar-refractivity contribution >= 4 is 16.6 Å². The van der Waals surface area contributed by atoms with Gasteiger partial charge in [-0.1, -0.05) is 18.2 Å². The number of hydrogen-bond acceptors (Lipinski definition) is 4. The van der Waals surface area contributed by atoms with Crippen LogP contribution in [0.25, 0.3) is 22.2 Å². The summed E-state index contributed by atoms with van der Waals surface area (Å²) in [6, 6.07) is 8.73. The SMILES string of the molecule is COc1cnc2c(c1)C(=O)c1c-2[nH]c(=O)c2ccccc12. The first kappa shape index (κ1) is 11.8. The highest BCUT2D eigenvalue weighted by atomic mass is 16.5. The molecule has 4 rings (SSSR count). The molecule has 1 aromatic carbocycles. The molecule has 0 unspecified atom stereocenters. The fraction of sp³-hybridized carbons (Fsp3) is 0.0625. The molecular weight excluding hydrogens is 268 g/mol. The largest absolute Gasteiger partial charge is 0.495 e. The van der Waals surface area contributed by atoms with Gasteiger partial charge in [0.05, 0.1) is 35.8 Å². The summed E-state index contributed by atoms with van der Waals surface area (Å²) in [5.41, 5.74) is 1.72. The summed E-state index contributed by atoms with van der Waals surface area (Å²) in [5.74, 6) is 0.375. The summed E-state index contributed by atoms with van der Waals surface area (Å²) in [7, 11) is 1.52. The van der Waals surface area contributed by atoms with E-state index in [2.05, 4.69) is 9.97 Å². The summed E-state index contributed by atoms with van der Waals surface area (Å²) >= 11 is 0. The van der Waals surface area contributed by atoms with Gasteiger partial charge in [0.2, 0.25) is 0 Å². The zero-order valence-corrected chi connectivity index (χ0v) is 11.1. The van der Waals surface area contributed by atoms with Crippen LogP contribution in [0.15, 0.2) is 41.3 Å². The molecule has 0 amide bonds. The fourth-order valence-electron chi connectivity index (χ4n) is 2.75. The number of ketones is 1. The molecule has 0 atom stereocenters. The molecule has 0 saturated carbocycles. The topological polar surface area (TPSA) is 72.0 Å². The fourth-order valence-corrected chi connectivity index (χ4v) is 2.75. The number of benzene rings is 1. The molecule has 0 fully saturated rings. The van der Waals surface area contributed by atoms with Crippen LogP contribution in [0.5, 0.6) is 5.75 Å². The number of carbonyl (C=O) groups is 1. The van der Waals surface area contributed by atoms with E-state index in [4.69, 9.17) is 4.74 Å². The number of carbonyl (C=O) groups excluding carboxylic acids is 1. The van der Waals surface area contributed by atoms with Gasteiger partial charge in [-0.3, -0.25) is 14.6 Å². The minimum Gasteiger partial charge on any atom is -0.495 e. The van der Waals surface area contributed by atoms with Crippen molar-refractivity contribution in [3.05, 3.63) is 58.0 Å². The second kappa shape index (κ2) is 4.02. The number of H-pyrrole nitrogens is 1. The van der Waals surface area contributed by atoms with E-state index < -0.39 is 0 Å². The number of nitrogens with one attached hydrogen (secondary N) is 1. The number of aromatic nitrogens is 2. The molecule has 3 aromatic rings. The lowest BCUT2D eigenvalue weighted by molar-refractivity contribution is 0.104. The van der Waals surface area contributed by atoms with Gasteiger partial charge >= 0.3 is 0 Å². The standard InChI is InChI=1S/C16H10N2O3/c1-21-8-6-11-13(17-7-8)14-12(15(11)19)9-4-2-3-5-10(9)16(20)18-14/h2-7H,1H3,(H,18,20). The van der Waals surface area contributed by atoms with Crippen LogP contribution >= 0.6 is 0 Å². The summed E-state index contributed by atoms with van der Waals surface area (Å²) in [6.45, 7) is 0. The molecule has 21 heavy (non-hydrogen) atoms. The molecule has 0 saturated heterocycles. The van der Waals surface area contributed by atoms with Crippen molar-refractivity contribution in [2.75, 3.05) is 7.11 Å². The molecule has 1 aliphatic carbocycles. The average Bonchev–Trinajstić information content (AvgIpc) is 2.80. The van der Waals surface area contributed by atoms with E-state index in [0.29, 0.717) is 39.0 Å². The molecule has 0 aliphatic heterocycles. The van der Waals surface area contributed by atoms with Crippen LogP contribution in [-0.4, -0.2) is 22.9 Å². The molecule has 102 valence electrons. The van der Waals surface area contributed by atoms with Gasteiger partial charge in [0.25, 0.3) is 5.56 Å². The van der Waals surface area contributed by atoms with E-state index in [0.717, 1.165) is 0 Å². The molecule has 1 aliphatic rings. The third-order valence-corrected chi connectivity index (χ3v) is 3.74. The Morgan fingerprint density at radius 1 is 1.14 bits per heavy atom. The predicted molar refractivity (Wildman–Crippen MR) is 77.8 cm³/mol. The minimum atomic E-state index is -0.220. The van der Waals surface area contributed by atoms with Crippen LogP contribution in [0.4, 0.5) is 0 Å². The Hall–Kier alpha value is -2.95. The third kappa shape index (κ3) is 1.48. The van der Waals surface area contributed by atoms with Crippen LogP contribution in [0.1, 0.15) is 15.9 Å². The number of fused-ring (bicyclic) bond motifs is 5. The summed E-state index contributed by atoms with van der Waals surface area (Å²) in [6.07, 6.45) is 1.54. The third-order valence-electron chi connectivity index (χ3n) is 3.74. The van der Waals surface area contributed by atoms with Gasteiger partial charge in [0.1, 0.15) is 5.75 Å². The zero-order chi connectivity index (χ0) is 14.6. The van der Waals surface area contributed by atoms with Crippen LogP contribution < -0.4 is 10.3 Å². The molecule has 0 spiro atoms. The first-order chi connectivity index (χ1) is 10.2. The first-order valence-corrected chi connectivity index (χ1v) is 6.45. The monoisotopic (exact) mass is 278 g/mol. The van der Waals surface area contributed by atoms with Crippen molar-refractivity contribution in [2.24, 2.45) is 0 Å². The van der Waals surface area contributed by atoms with Crippen molar-refractivity contribution in [3.63, 3.8) is 0 Å². The molecule has 1 N–H and O–H groups in total. The molecule has 5 heteroatoms. The van der Waals surface area contributed by atoms with Crippen LogP contribution in [0.3, 0.4) is 0 Å². The van der Waals surface area contributed by atoms with E-state index >= 15 is 0 Å². The maximum atomic E-state index is 12.7. The summed E-state index contributed by atoms with van der Waals surface area (Å²) < 4.78 is 5.11. The number of pyridine rings is 2. The van der Waals surface area contributed by atoms with E-state index in [9.17, 15) is 9.59 Å². The second-order valence-corrected chi connectivity index (χ2v) is 4.85. The number of hydrogen-bond donors (Lipinski definition) is 1. The van der Waals surface area contributed by atoms with Crippen LogP contribution in [0.2, 0.25) is 0 Å². The lowest BCUT2D eigenvalue weighted by Crippen LogP contribution is -2.09. The molecular formula is C16H10N2O3. The first-order valence-electron chi connectivity index (χ1n) is 6.45. The quantitative estimate of drug-likeness (QED) is 0.579. The predicted octanol–water partition coefficient (Wildman–Crippen LogP) is 2.14. The maximum Gasteiger partial charge on any atom is 0.256 e. The lowest BCUT2D eigenvalue weighted by atomic mass is 10.0. The highest BCUT2D eigenvalue weighted by molar-refractivity contribution is 6.26. The van der Waals surface area contributed by atoms with Gasteiger partial charge in [0.15, 0.2) is 5.78 Å². The van der Waals surface area contributed by atoms with Gasteiger partial charge in [-0.05, 0) is 12.1 Å². The van der Waals surface area contributed by atoms with E-state index in [1.54, 1.807) is 24.3 Å². The zero-order valence-electron chi connectivity index (χ0n) is 11.1. The molecule has 0 radical (unpaired) electrons. The number of aromatic amines is 1. The van der Waals surface area contributed by atoms with Crippen molar-refractivity contribution in [2.45, 2.75) is 0 Å². The number of methoxy groups -OCH3 is 1. The van der Waals surface area contributed by atoms with Crippen molar-refractivity contribution in [1.29, 1.82) is 0 Å². The number of rotatable bonds is 1. The smallest absolute Gasteiger partial charge is 0.256 e. The van der Waals surface area contributed by atoms with Gasteiger partial charge in [-0.15, -0.1) is 0 Å².